The van der Waals surface area contributed by atoms with Crippen LogP contribution in [0.2, 0.25) is 0 Å². The fourth-order valence-electron chi connectivity index (χ4n) is 2.07. The van der Waals surface area contributed by atoms with E-state index >= 15 is 0 Å². The van der Waals surface area contributed by atoms with Crippen molar-refractivity contribution in [3.05, 3.63) is 60.1 Å². The van der Waals surface area contributed by atoms with Crippen molar-refractivity contribution in [2.24, 2.45) is 0 Å². The molecule has 0 aliphatic carbocycles. The van der Waals surface area contributed by atoms with Gasteiger partial charge in [-0.05, 0) is 42.8 Å². The number of rotatable bonds is 2. The molecule has 3 aromatic rings. The Bertz CT molecular complexity index is 751. The molecule has 0 aliphatic rings. The van der Waals surface area contributed by atoms with Crippen LogP contribution in [-0.4, -0.2) is 10.1 Å². The molecule has 0 unspecified atom stereocenters. The second kappa shape index (κ2) is 4.85. The van der Waals surface area contributed by atoms with Gasteiger partial charge in [0.05, 0.1) is 5.56 Å². The summed E-state index contributed by atoms with van der Waals surface area (Å²) in [4.78, 5) is 3.53. The van der Waals surface area contributed by atoms with Gasteiger partial charge in [0.2, 0.25) is 5.95 Å². The van der Waals surface area contributed by atoms with Crippen molar-refractivity contribution < 1.29 is 13.3 Å². The van der Waals surface area contributed by atoms with Gasteiger partial charge >= 0.3 is 0 Å². The lowest BCUT2D eigenvalue weighted by atomic mass is 10.0. The van der Waals surface area contributed by atoms with E-state index in [0.29, 0.717) is 28.1 Å². The van der Waals surface area contributed by atoms with Gasteiger partial charge in [0.15, 0.2) is 0 Å². The molecule has 0 atom stereocenters. The second-order valence-electron chi connectivity index (χ2n) is 4.34. The molecule has 5 heteroatoms. The van der Waals surface area contributed by atoms with E-state index in [2.05, 4.69) is 10.1 Å². The summed E-state index contributed by atoms with van der Waals surface area (Å²) in [5.74, 6) is -0.339. The Kier molecular flexibility index (Phi) is 3.02. The van der Waals surface area contributed by atoms with Crippen molar-refractivity contribution in [2.45, 2.75) is 6.92 Å². The van der Waals surface area contributed by atoms with E-state index in [1.165, 1.54) is 24.4 Å². The summed E-state index contributed by atoms with van der Waals surface area (Å²) in [6.07, 6.45) is 1.38. The molecule has 0 N–H and O–H groups in total. The van der Waals surface area contributed by atoms with E-state index in [-0.39, 0.29) is 5.82 Å². The molecule has 0 bridgehead atoms. The Hall–Kier alpha value is -2.56. The monoisotopic (exact) mass is 272 g/mol. The normalized spacial score (nSPS) is 10.8. The zero-order valence-electron chi connectivity index (χ0n) is 10.6. The fourth-order valence-corrected chi connectivity index (χ4v) is 2.07. The third-order valence-electron chi connectivity index (χ3n) is 3.00. The number of halogens is 2. The van der Waals surface area contributed by atoms with Crippen molar-refractivity contribution in [1.29, 1.82) is 0 Å². The molecule has 2 aromatic heterocycles. The van der Waals surface area contributed by atoms with Crippen LogP contribution in [0, 0.1) is 18.7 Å². The molecule has 0 aliphatic heterocycles. The largest absolute Gasteiger partial charge is 0.360 e. The van der Waals surface area contributed by atoms with Gasteiger partial charge in [0.1, 0.15) is 17.3 Å². The Morgan fingerprint density at radius 3 is 2.45 bits per heavy atom. The predicted octanol–water partition coefficient (Wildman–Crippen LogP) is 3.99. The number of nitrogens with zero attached hydrogens (tertiary/aromatic N) is 2. The summed E-state index contributed by atoms with van der Waals surface area (Å²) in [5.41, 5.74) is 2.55. The van der Waals surface area contributed by atoms with Crippen LogP contribution in [0.15, 0.2) is 47.1 Å². The van der Waals surface area contributed by atoms with Gasteiger partial charge in [0, 0.05) is 17.8 Å². The lowest BCUT2D eigenvalue weighted by Crippen LogP contribution is -1.87. The summed E-state index contributed by atoms with van der Waals surface area (Å²) in [7, 11) is 0. The third-order valence-corrected chi connectivity index (χ3v) is 3.00. The topological polar surface area (TPSA) is 38.9 Å². The molecule has 0 radical (unpaired) electrons. The minimum atomic E-state index is -0.576. The quantitative estimate of drug-likeness (QED) is 0.662. The molecule has 3 rings (SSSR count). The van der Waals surface area contributed by atoms with Gasteiger partial charge in [-0.15, -0.1) is 0 Å². The first-order chi connectivity index (χ1) is 9.65. The highest BCUT2D eigenvalue weighted by Gasteiger charge is 2.17. The molecule has 0 spiro atoms. The second-order valence-corrected chi connectivity index (χ2v) is 4.34. The fraction of sp³-hybridized carbons (Fsp3) is 0.0667. The van der Waals surface area contributed by atoms with Crippen LogP contribution in [0.3, 0.4) is 0 Å². The highest BCUT2D eigenvalue weighted by molar-refractivity contribution is 5.81. The van der Waals surface area contributed by atoms with Gasteiger partial charge in [0.25, 0.3) is 0 Å². The summed E-state index contributed by atoms with van der Waals surface area (Å²) in [6, 6.07) is 8.88. The van der Waals surface area contributed by atoms with Crippen LogP contribution in [0.5, 0.6) is 0 Å². The average Bonchev–Trinajstić information content (AvgIpc) is 2.81. The van der Waals surface area contributed by atoms with Crippen molar-refractivity contribution >= 4 is 0 Å². The molecule has 20 heavy (non-hydrogen) atoms. The van der Waals surface area contributed by atoms with Gasteiger partial charge in [-0.2, -0.15) is 4.39 Å². The molecular formula is C15H10F2N2O. The Balaban J connectivity index is 2.17. The van der Waals surface area contributed by atoms with Crippen molar-refractivity contribution in [3.63, 3.8) is 0 Å². The molecule has 3 nitrogen and oxygen atoms in total. The maximum Gasteiger partial charge on any atom is 0.213 e. The first-order valence-corrected chi connectivity index (χ1v) is 5.99. The smallest absolute Gasteiger partial charge is 0.213 e. The lowest BCUT2D eigenvalue weighted by molar-refractivity contribution is 0.400. The van der Waals surface area contributed by atoms with Gasteiger partial charge in [-0.25, -0.2) is 9.37 Å². The average molecular weight is 272 g/mol. The van der Waals surface area contributed by atoms with Crippen LogP contribution in [0.4, 0.5) is 8.78 Å². The molecule has 2 heterocycles. The first-order valence-electron chi connectivity index (χ1n) is 5.99. The van der Waals surface area contributed by atoms with E-state index < -0.39 is 5.95 Å². The SMILES string of the molecule is Cc1onc(-c2ccc(F)cc2)c1-c1ccnc(F)c1. The summed E-state index contributed by atoms with van der Waals surface area (Å²) < 4.78 is 31.4. The van der Waals surface area contributed by atoms with Gasteiger partial charge in [-0.3, -0.25) is 0 Å². The number of aryl methyl sites for hydroxylation is 1. The van der Waals surface area contributed by atoms with Crippen LogP contribution >= 0.6 is 0 Å². The minimum absolute atomic E-state index is 0.328. The Labute approximate surface area is 113 Å². The summed E-state index contributed by atoms with van der Waals surface area (Å²) >= 11 is 0. The minimum Gasteiger partial charge on any atom is -0.360 e. The van der Waals surface area contributed by atoms with E-state index in [1.807, 2.05) is 0 Å². The van der Waals surface area contributed by atoms with Crippen LogP contribution in [0.25, 0.3) is 22.4 Å². The first kappa shape index (κ1) is 12.5. The summed E-state index contributed by atoms with van der Waals surface area (Å²) in [5, 5.41) is 3.98. The maximum atomic E-state index is 13.3. The Morgan fingerprint density at radius 2 is 1.75 bits per heavy atom. The molecule has 0 saturated heterocycles. The molecule has 1 aromatic carbocycles. The number of hydrogen-bond acceptors (Lipinski definition) is 3. The van der Waals surface area contributed by atoms with Crippen LogP contribution < -0.4 is 0 Å². The van der Waals surface area contributed by atoms with E-state index in [1.54, 1.807) is 25.1 Å². The zero-order valence-corrected chi connectivity index (χ0v) is 10.6. The lowest BCUT2D eigenvalue weighted by Gasteiger charge is -2.03. The molecule has 0 fully saturated rings. The number of pyridine rings is 1. The standard InChI is InChI=1S/C15H10F2N2O/c1-9-14(11-6-7-18-13(17)8-11)15(19-20-9)10-2-4-12(16)5-3-10/h2-8H,1H3. The third kappa shape index (κ3) is 2.18. The number of aromatic nitrogens is 2. The molecule has 100 valence electrons. The van der Waals surface area contributed by atoms with E-state index in [4.69, 9.17) is 4.52 Å². The van der Waals surface area contributed by atoms with Crippen molar-refractivity contribution in [1.82, 2.24) is 10.1 Å². The maximum absolute atomic E-state index is 13.3. The summed E-state index contributed by atoms with van der Waals surface area (Å²) in [6.45, 7) is 1.74. The highest BCUT2D eigenvalue weighted by atomic mass is 19.1. The van der Waals surface area contributed by atoms with Gasteiger partial charge < -0.3 is 4.52 Å². The molecule has 0 saturated carbocycles. The van der Waals surface area contributed by atoms with Crippen molar-refractivity contribution in [2.75, 3.05) is 0 Å². The number of hydrogen-bond donors (Lipinski definition) is 0. The van der Waals surface area contributed by atoms with E-state index in [0.717, 1.165) is 0 Å². The molecule has 0 amide bonds. The van der Waals surface area contributed by atoms with Crippen LogP contribution in [-0.2, 0) is 0 Å². The molecular weight excluding hydrogens is 262 g/mol. The van der Waals surface area contributed by atoms with E-state index in [9.17, 15) is 8.78 Å². The highest BCUT2D eigenvalue weighted by Crippen LogP contribution is 2.34. The number of benzene rings is 1. The van der Waals surface area contributed by atoms with Crippen molar-refractivity contribution in [3.8, 4) is 22.4 Å². The predicted molar refractivity (Wildman–Crippen MR) is 69.8 cm³/mol. The van der Waals surface area contributed by atoms with Gasteiger partial charge in [-0.1, -0.05) is 5.16 Å². The Morgan fingerprint density at radius 1 is 1.00 bits per heavy atom. The van der Waals surface area contributed by atoms with Crippen LogP contribution in [0.1, 0.15) is 5.76 Å². The zero-order chi connectivity index (χ0) is 14.1.